The molecular weight excluding hydrogens is 306 g/mol. The van der Waals surface area contributed by atoms with E-state index in [0.717, 1.165) is 4.47 Å². The van der Waals surface area contributed by atoms with Gasteiger partial charge in [-0.2, -0.15) is 4.57 Å². The molecule has 84 valence electrons. The molecule has 7 heteroatoms. The maximum absolute atomic E-state index is 11.4. The normalized spacial score (nSPS) is 14.7. The van der Waals surface area contributed by atoms with E-state index in [1.165, 1.54) is 6.07 Å². The number of rotatable bonds is 4. The average Bonchev–Trinajstić information content (AvgIpc) is 2.09. The van der Waals surface area contributed by atoms with Crippen molar-refractivity contribution in [2.24, 2.45) is 0 Å². The van der Waals surface area contributed by atoms with Gasteiger partial charge in [-0.1, -0.05) is 27.5 Å². The van der Waals surface area contributed by atoms with Crippen LogP contribution in [-0.4, -0.2) is 11.5 Å². The lowest BCUT2D eigenvalue weighted by atomic mass is 10.3. The third-order valence-corrected chi connectivity index (χ3v) is 3.24. The minimum absolute atomic E-state index is 0.148. The zero-order valence-corrected chi connectivity index (χ0v) is 11.1. The molecule has 0 amide bonds. The van der Waals surface area contributed by atoms with Crippen LogP contribution in [0.3, 0.4) is 0 Å². The molecule has 0 aliphatic rings. The SMILES string of the molecule is CCOP(=O)([OH2+])Oc1ccc(Br)cc1Cl. The Bertz CT molecular complexity index is 398. The Morgan fingerprint density at radius 2 is 2.27 bits per heavy atom. The van der Waals surface area contributed by atoms with Crippen LogP contribution in [-0.2, 0) is 9.09 Å². The quantitative estimate of drug-likeness (QED) is 0.632. The van der Waals surface area contributed by atoms with E-state index in [9.17, 15) is 4.57 Å². The third-order valence-electron chi connectivity index (χ3n) is 1.41. The Morgan fingerprint density at radius 1 is 1.60 bits per heavy atom. The molecule has 0 radical (unpaired) electrons. The van der Waals surface area contributed by atoms with Gasteiger partial charge in [0.25, 0.3) is 0 Å². The van der Waals surface area contributed by atoms with Gasteiger partial charge in [0.15, 0.2) is 5.75 Å². The monoisotopic (exact) mass is 315 g/mol. The van der Waals surface area contributed by atoms with Gasteiger partial charge < -0.3 is 9.42 Å². The minimum atomic E-state index is -3.81. The highest BCUT2D eigenvalue weighted by atomic mass is 79.9. The number of halogens is 2. The summed E-state index contributed by atoms with van der Waals surface area (Å²) in [6.45, 7) is 1.78. The van der Waals surface area contributed by atoms with Gasteiger partial charge in [-0.3, -0.25) is 0 Å². The first-order chi connectivity index (χ1) is 6.94. The fraction of sp³-hybridized carbons (Fsp3) is 0.250. The zero-order valence-electron chi connectivity index (χ0n) is 7.87. The van der Waals surface area contributed by atoms with E-state index in [-0.39, 0.29) is 17.4 Å². The predicted octanol–water partition coefficient (Wildman–Crippen LogP) is 3.35. The van der Waals surface area contributed by atoms with Crippen molar-refractivity contribution in [3.63, 3.8) is 0 Å². The van der Waals surface area contributed by atoms with Crippen molar-refractivity contribution in [1.29, 1.82) is 0 Å². The van der Waals surface area contributed by atoms with Crippen molar-refractivity contribution in [3.8, 4) is 5.75 Å². The van der Waals surface area contributed by atoms with Crippen LogP contribution in [0.25, 0.3) is 0 Å². The molecule has 2 N–H and O–H groups in total. The number of hydrogen-bond donors (Lipinski definition) is 0. The summed E-state index contributed by atoms with van der Waals surface area (Å²) >= 11 is 9.04. The maximum atomic E-state index is 11.4. The van der Waals surface area contributed by atoms with E-state index in [1.54, 1.807) is 19.1 Å². The summed E-state index contributed by atoms with van der Waals surface area (Å²) in [6, 6.07) is 4.78. The molecule has 0 aliphatic heterocycles. The van der Waals surface area contributed by atoms with E-state index in [4.69, 9.17) is 21.0 Å². The molecule has 0 saturated heterocycles. The highest BCUT2D eigenvalue weighted by Gasteiger charge is 2.31. The molecule has 1 rings (SSSR count). The molecular formula is C8H10BrClO4P+. The van der Waals surface area contributed by atoms with Crippen molar-refractivity contribution in [2.75, 3.05) is 6.61 Å². The summed E-state index contributed by atoms with van der Waals surface area (Å²) in [5, 5.41) is 0.275. The summed E-state index contributed by atoms with van der Waals surface area (Å²) in [5.41, 5.74) is 0. The summed E-state index contributed by atoms with van der Waals surface area (Å²) < 4.78 is 21.7. The fourth-order valence-electron chi connectivity index (χ4n) is 0.875. The van der Waals surface area contributed by atoms with E-state index in [2.05, 4.69) is 20.5 Å². The molecule has 0 heterocycles. The highest BCUT2D eigenvalue weighted by molar-refractivity contribution is 9.10. The molecule has 1 atom stereocenters. The van der Waals surface area contributed by atoms with Gasteiger partial charge >= 0.3 is 7.82 Å². The van der Waals surface area contributed by atoms with Gasteiger partial charge in [0.2, 0.25) is 0 Å². The molecule has 0 bridgehead atoms. The molecule has 4 nitrogen and oxygen atoms in total. The summed E-state index contributed by atoms with van der Waals surface area (Å²) in [6.07, 6.45) is 0. The van der Waals surface area contributed by atoms with Crippen LogP contribution >= 0.6 is 35.4 Å². The third kappa shape index (κ3) is 4.13. The van der Waals surface area contributed by atoms with Crippen LogP contribution in [0.2, 0.25) is 5.02 Å². The maximum Gasteiger partial charge on any atom is 0.692 e. The first kappa shape index (κ1) is 13.0. The van der Waals surface area contributed by atoms with Gasteiger partial charge in [-0.05, 0) is 25.1 Å². The van der Waals surface area contributed by atoms with E-state index < -0.39 is 7.82 Å². The van der Waals surface area contributed by atoms with Crippen LogP contribution in [0, 0.1) is 0 Å². The van der Waals surface area contributed by atoms with E-state index in [0.29, 0.717) is 0 Å². The van der Waals surface area contributed by atoms with Crippen molar-refractivity contribution in [1.82, 2.24) is 0 Å². The van der Waals surface area contributed by atoms with Crippen molar-refractivity contribution >= 4 is 35.4 Å². The second kappa shape index (κ2) is 5.32. The molecule has 0 aromatic heterocycles. The van der Waals surface area contributed by atoms with Crippen molar-refractivity contribution < 1.29 is 18.5 Å². The Balaban J connectivity index is 2.85. The first-order valence-corrected chi connectivity index (χ1v) is 6.80. The van der Waals surface area contributed by atoms with Gasteiger partial charge in [-0.15, -0.1) is 0 Å². The first-order valence-electron chi connectivity index (χ1n) is 4.09. The summed E-state index contributed by atoms with van der Waals surface area (Å²) in [5.74, 6) is 0.173. The van der Waals surface area contributed by atoms with Gasteiger partial charge in [-0.25, -0.2) is 4.52 Å². The Morgan fingerprint density at radius 3 is 2.80 bits per heavy atom. The summed E-state index contributed by atoms with van der Waals surface area (Å²) in [4.78, 5) is 7.25. The standard InChI is InChI=1S/C8H9BrClO4P/c1-2-13-15(11,12)14-8-4-3-6(9)5-7(8)10/h3-5H,2H2,1H3,(H,11,12)/p+1. The smallest absolute Gasteiger partial charge is 0.364 e. The molecule has 0 aliphatic carbocycles. The van der Waals surface area contributed by atoms with Gasteiger partial charge in [0.05, 0.1) is 11.6 Å². The fourth-order valence-corrected chi connectivity index (χ4v) is 2.45. The lowest BCUT2D eigenvalue weighted by molar-refractivity contribution is 0.213. The Hall–Kier alpha value is -0.0600. The van der Waals surface area contributed by atoms with Crippen LogP contribution in [0.4, 0.5) is 0 Å². The number of benzene rings is 1. The zero-order chi connectivity index (χ0) is 11.5. The number of hydrogen-bond acceptors (Lipinski definition) is 3. The van der Waals surface area contributed by atoms with Crippen molar-refractivity contribution in [3.05, 3.63) is 27.7 Å². The lowest BCUT2D eigenvalue weighted by Crippen LogP contribution is -1.97. The van der Waals surface area contributed by atoms with Crippen LogP contribution in [0.5, 0.6) is 5.75 Å². The molecule has 0 saturated carbocycles. The van der Waals surface area contributed by atoms with E-state index in [1.807, 2.05) is 0 Å². The molecule has 1 unspecified atom stereocenters. The van der Waals surface area contributed by atoms with Crippen LogP contribution in [0.1, 0.15) is 6.92 Å². The highest BCUT2D eigenvalue weighted by Crippen LogP contribution is 2.45. The van der Waals surface area contributed by atoms with Gasteiger partial charge in [0.1, 0.15) is 0 Å². The Kier molecular flexibility index (Phi) is 4.62. The predicted molar refractivity (Wildman–Crippen MR) is 62.6 cm³/mol. The molecule has 15 heavy (non-hydrogen) atoms. The van der Waals surface area contributed by atoms with Crippen LogP contribution in [0.15, 0.2) is 22.7 Å². The van der Waals surface area contributed by atoms with Crippen molar-refractivity contribution in [2.45, 2.75) is 6.92 Å². The summed E-state index contributed by atoms with van der Waals surface area (Å²) in [7, 11) is -3.81. The molecule has 0 fully saturated rings. The topological polar surface area (TPSA) is 58.4 Å². The second-order valence-electron chi connectivity index (χ2n) is 2.58. The Labute approximate surface area is 101 Å². The van der Waals surface area contributed by atoms with Crippen LogP contribution < -0.4 is 4.52 Å². The van der Waals surface area contributed by atoms with E-state index >= 15 is 0 Å². The van der Waals surface area contributed by atoms with Gasteiger partial charge in [0, 0.05) is 4.47 Å². The average molecular weight is 316 g/mol. The largest absolute Gasteiger partial charge is 0.692 e. The molecule has 1 aromatic carbocycles. The minimum Gasteiger partial charge on any atom is -0.364 e. The molecule has 0 spiro atoms. The molecule has 1 aromatic rings. The lowest BCUT2D eigenvalue weighted by Gasteiger charge is -2.08. The second-order valence-corrected chi connectivity index (χ2v) is 5.34.